The van der Waals surface area contributed by atoms with Gasteiger partial charge in [-0.1, -0.05) is 15.9 Å². The highest BCUT2D eigenvalue weighted by Crippen LogP contribution is 2.26. The summed E-state index contributed by atoms with van der Waals surface area (Å²) in [5.74, 6) is -0.117. The molecule has 1 aromatic heterocycles. The molecule has 1 atom stereocenters. The Morgan fingerprint density at radius 2 is 2.00 bits per heavy atom. The topological polar surface area (TPSA) is 55.1 Å². The fraction of sp³-hybridized carbons (Fsp3) is 0.267. The van der Waals surface area contributed by atoms with Crippen LogP contribution in [0.3, 0.4) is 0 Å². The van der Waals surface area contributed by atoms with Gasteiger partial charge in [-0.25, -0.2) is 0 Å². The molecule has 20 heavy (non-hydrogen) atoms. The summed E-state index contributed by atoms with van der Waals surface area (Å²) in [4.78, 5) is 14.8. The van der Waals surface area contributed by atoms with Gasteiger partial charge in [0.05, 0.1) is 6.04 Å². The van der Waals surface area contributed by atoms with Crippen molar-refractivity contribution in [2.75, 3.05) is 5.73 Å². The van der Waals surface area contributed by atoms with Crippen LogP contribution in [0.5, 0.6) is 0 Å². The van der Waals surface area contributed by atoms with Crippen LogP contribution >= 0.6 is 27.3 Å². The van der Waals surface area contributed by atoms with Crippen LogP contribution in [0.2, 0.25) is 0 Å². The van der Waals surface area contributed by atoms with Crippen LogP contribution in [0.1, 0.15) is 38.6 Å². The number of nitrogen functional groups attached to an aromatic ring is 1. The molecule has 0 aliphatic rings. The molecule has 1 amide bonds. The molecule has 0 saturated carbocycles. The van der Waals surface area contributed by atoms with E-state index in [-0.39, 0.29) is 11.9 Å². The molecule has 106 valence electrons. The van der Waals surface area contributed by atoms with Crippen LogP contribution in [-0.2, 0) is 0 Å². The van der Waals surface area contributed by atoms with Gasteiger partial charge in [0, 0.05) is 25.5 Å². The van der Waals surface area contributed by atoms with Gasteiger partial charge in [-0.2, -0.15) is 0 Å². The number of carbonyl (C=O) groups is 1. The van der Waals surface area contributed by atoms with Crippen LogP contribution in [0.4, 0.5) is 5.69 Å². The van der Waals surface area contributed by atoms with Crippen molar-refractivity contribution in [3.63, 3.8) is 0 Å². The largest absolute Gasteiger partial charge is 0.399 e. The number of rotatable bonds is 3. The van der Waals surface area contributed by atoms with Gasteiger partial charge in [-0.3, -0.25) is 4.79 Å². The number of aryl methyl sites for hydroxylation is 2. The second-order valence-corrected chi connectivity index (χ2v) is 7.21. The first-order chi connectivity index (χ1) is 9.36. The molecule has 0 spiro atoms. The minimum absolute atomic E-state index is 0.0207. The molecule has 0 bridgehead atoms. The number of thiophene rings is 1. The van der Waals surface area contributed by atoms with Gasteiger partial charge in [0.25, 0.3) is 5.91 Å². The Balaban J connectivity index is 2.17. The molecule has 5 heteroatoms. The number of amides is 1. The Morgan fingerprint density at radius 3 is 2.55 bits per heavy atom. The Kier molecular flexibility index (Phi) is 4.50. The average molecular weight is 353 g/mol. The Bertz CT molecular complexity index is 631. The molecule has 2 aromatic rings. The van der Waals surface area contributed by atoms with Gasteiger partial charge in [0.15, 0.2) is 0 Å². The molecule has 0 aliphatic heterocycles. The number of nitrogens with one attached hydrogen (secondary N) is 1. The maximum atomic E-state index is 12.3. The fourth-order valence-corrected chi connectivity index (χ4v) is 3.71. The zero-order chi connectivity index (χ0) is 14.9. The van der Waals surface area contributed by atoms with E-state index >= 15 is 0 Å². The second-order valence-electron chi connectivity index (χ2n) is 4.84. The van der Waals surface area contributed by atoms with E-state index < -0.39 is 0 Å². The number of nitrogens with two attached hydrogens (primary N) is 1. The van der Waals surface area contributed by atoms with Crippen LogP contribution in [0.15, 0.2) is 28.7 Å². The quantitative estimate of drug-likeness (QED) is 0.813. The zero-order valence-electron chi connectivity index (χ0n) is 11.7. The molecule has 0 aliphatic carbocycles. The van der Waals surface area contributed by atoms with Crippen molar-refractivity contribution in [2.45, 2.75) is 26.8 Å². The summed E-state index contributed by atoms with van der Waals surface area (Å²) in [5, 5.41) is 3.01. The first kappa shape index (κ1) is 15.1. The molecular formula is C15H17BrN2OS. The summed E-state index contributed by atoms with van der Waals surface area (Å²) in [6.07, 6.45) is 0. The molecule has 2 rings (SSSR count). The molecule has 1 heterocycles. The van der Waals surface area contributed by atoms with Crippen molar-refractivity contribution >= 4 is 38.9 Å². The third kappa shape index (κ3) is 3.41. The summed E-state index contributed by atoms with van der Waals surface area (Å²) in [6.45, 7) is 6.14. The number of benzene rings is 1. The molecule has 3 nitrogen and oxygen atoms in total. The zero-order valence-corrected chi connectivity index (χ0v) is 14.1. The highest BCUT2D eigenvalue weighted by molar-refractivity contribution is 9.10. The predicted molar refractivity (Wildman–Crippen MR) is 88.2 cm³/mol. The third-order valence-electron chi connectivity index (χ3n) is 3.08. The molecule has 0 radical (unpaired) electrons. The summed E-state index contributed by atoms with van der Waals surface area (Å²) in [7, 11) is 0. The van der Waals surface area contributed by atoms with Gasteiger partial charge >= 0.3 is 0 Å². The maximum Gasteiger partial charge on any atom is 0.251 e. The van der Waals surface area contributed by atoms with E-state index in [4.69, 9.17) is 5.73 Å². The molecule has 3 N–H and O–H groups in total. The van der Waals surface area contributed by atoms with Crippen molar-refractivity contribution in [3.8, 4) is 0 Å². The molecule has 1 aromatic carbocycles. The van der Waals surface area contributed by atoms with Crippen molar-refractivity contribution < 1.29 is 4.79 Å². The smallest absolute Gasteiger partial charge is 0.251 e. The summed E-state index contributed by atoms with van der Waals surface area (Å²) in [5.41, 5.74) is 8.06. The molecule has 0 fully saturated rings. The third-order valence-corrected chi connectivity index (χ3v) is 4.52. The van der Waals surface area contributed by atoms with Crippen molar-refractivity contribution in [3.05, 3.63) is 49.6 Å². The van der Waals surface area contributed by atoms with E-state index in [2.05, 4.69) is 41.2 Å². The van der Waals surface area contributed by atoms with Gasteiger partial charge < -0.3 is 11.1 Å². The van der Waals surface area contributed by atoms with E-state index in [1.807, 2.05) is 6.92 Å². The van der Waals surface area contributed by atoms with Crippen LogP contribution in [0.25, 0.3) is 0 Å². The lowest BCUT2D eigenvalue weighted by Gasteiger charge is -2.14. The number of hydrogen-bond donors (Lipinski definition) is 2. The highest BCUT2D eigenvalue weighted by Gasteiger charge is 2.15. The average Bonchev–Trinajstić information content (AvgIpc) is 2.67. The predicted octanol–water partition coefficient (Wildman–Crippen LogP) is 4.20. The van der Waals surface area contributed by atoms with Gasteiger partial charge in [-0.15, -0.1) is 11.3 Å². The SMILES string of the molecule is Cc1cc(C(C)NC(=O)c2cc(N)cc(Br)c2)c(C)s1. The van der Waals surface area contributed by atoms with Crippen molar-refractivity contribution in [2.24, 2.45) is 0 Å². The minimum Gasteiger partial charge on any atom is -0.399 e. The summed E-state index contributed by atoms with van der Waals surface area (Å²) >= 11 is 5.10. The molecule has 0 saturated heterocycles. The van der Waals surface area contributed by atoms with Crippen LogP contribution in [-0.4, -0.2) is 5.91 Å². The maximum absolute atomic E-state index is 12.3. The number of halogens is 1. The lowest BCUT2D eigenvalue weighted by atomic mass is 10.1. The van der Waals surface area contributed by atoms with E-state index in [9.17, 15) is 4.79 Å². The Morgan fingerprint density at radius 1 is 1.30 bits per heavy atom. The molecular weight excluding hydrogens is 336 g/mol. The van der Waals surface area contributed by atoms with Crippen molar-refractivity contribution in [1.29, 1.82) is 0 Å². The normalized spacial score (nSPS) is 12.2. The summed E-state index contributed by atoms with van der Waals surface area (Å²) in [6, 6.07) is 7.32. The molecule has 1 unspecified atom stereocenters. The fourth-order valence-electron chi connectivity index (χ4n) is 2.18. The number of hydrogen-bond acceptors (Lipinski definition) is 3. The van der Waals surface area contributed by atoms with Crippen LogP contribution in [0, 0.1) is 13.8 Å². The minimum atomic E-state index is -0.117. The lowest BCUT2D eigenvalue weighted by molar-refractivity contribution is 0.0940. The van der Waals surface area contributed by atoms with E-state index in [0.29, 0.717) is 11.3 Å². The lowest BCUT2D eigenvalue weighted by Crippen LogP contribution is -2.26. The van der Waals surface area contributed by atoms with Gasteiger partial charge in [-0.05, 0) is 50.6 Å². The van der Waals surface area contributed by atoms with Gasteiger partial charge in [0.1, 0.15) is 0 Å². The standard InChI is InChI=1S/C15H17BrN2OS/c1-8-4-14(10(3)20-8)9(2)18-15(19)11-5-12(16)7-13(17)6-11/h4-7,9H,17H2,1-3H3,(H,18,19). The summed E-state index contributed by atoms with van der Waals surface area (Å²) < 4.78 is 0.804. The first-order valence-electron chi connectivity index (χ1n) is 6.30. The second kappa shape index (κ2) is 5.97. The van der Waals surface area contributed by atoms with Crippen molar-refractivity contribution in [1.82, 2.24) is 5.32 Å². The van der Waals surface area contributed by atoms with Crippen LogP contribution < -0.4 is 11.1 Å². The Hall–Kier alpha value is -1.33. The monoisotopic (exact) mass is 352 g/mol. The highest BCUT2D eigenvalue weighted by atomic mass is 79.9. The van der Waals surface area contributed by atoms with E-state index in [0.717, 1.165) is 4.47 Å². The van der Waals surface area contributed by atoms with Gasteiger partial charge in [0.2, 0.25) is 0 Å². The van der Waals surface area contributed by atoms with E-state index in [1.165, 1.54) is 15.3 Å². The first-order valence-corrected chi connectivity index (χ1v) is 7.91. The number of carbonyl (C=O) groups excluding carboxylic acids is 1. The Labute approximate surface area is 131 Å². The number of anilines is 1. The van der Waals surface area contributed by atoms with E-state index in [1.54, 1.807) is 29.5 Å².